The Morgan fingerprint density at radius 1 is 1.26 bits per heavy atom. The summed E-state index contributed by atoms with van der Waals surface area (Å²) in [6.07, 6.45) is 0.208. The minimum absolute atomic E-state index is 0.0687. The number of ketones is 1. The number of Topliss-reactive ketones (excluding diaryl/α,β-unsaturated/α-hetero) is 1. The van der Waals surface area contributed by atoms with Gasteiger partial charge in [-0.25, -0.2) is 0 Å². The highest BCUT2D eigenvalue weighted by Crippen LogP contribution is 2.29. The molecule has 100 valence electrons. The lowest BCUT2D eigenvalue weighted by Crippen LogP contribution is -2.34. The van der Waals surface area contributed by atoms with E-state index in [-0.39, 0.29) is 18.9 Å². The summed E-state index contributed by atoms with van der Waals surface area (Å²) in [5, 5.41) is 0. The molecule has 2 rings (SSSR count). The quantitative estimate of drug-likeness (QED) is 0.762. The SMILES string of the molecule is Cc1ccc2c(c1)C(=O)C(=O)N2CCC(=O)N(C)C. The molecule has 0 aromatic heterocycles. The van der Waals surface area contributed by atoms with Crippen molar-refractivity contribution in [2.75, 3.05) is 25.5 Å². The normalized spacial score (nSPS) is 13.7. The number of aryl methyl sites for hydroxylation is 1. The highest BCUT2D eigenvalue weighted by atomic mass is 16.2. The van der Waals surface area contributed by atoms with Gasteiger partial charge < -0.3 is 9.80 Å². The van der Waals surface area contributed by atoms with Gasteiger partial charge in [0.1, 0.15) is 0 Å². The van der Waals surface area contributed by atoms with E-state index in [1.165, 1.54) is 9.80 Å². The van der Waals surface area contributed by atoms with Crippen molar-refractivity contribution in [3.05, 3.63) is 29.3 Å². The minimum Gasteiger partial charge on any atom is -0.349 e. The summed E-state index contributed by atoms with van der Waals surface area (Å²) in [6, 6.07) is 5.32. The Hall–Kier alpha value is -2.17. The van der Waals surface area contributed by atoms with E-state index in [9.17, 15) is 14.4 Å². The molecule has 0 atom stereocenters. The third-order valence-electron chi connectivity index (χ3n) is 3.17. The van der Waals surface area contributed by atoms with E-state index in [1.54, 1.807) is 26.2 Å². The fourth-order valence-electron chi connectivity index (χ4n) is 2.07. The zero-order valence-electron chi connectivity index (χ0n) is 11.3. The minimum atomic E-state index is -0.549. The fourth-order valence-corrected chi connectivity index (χ4v) is 2.07. The molecule has 0 bridgehead atoms. The Labute approximate surface area is 111 Å². The van der Waals surface area contributed by atoms with Gasteiger partial charge in [0.25, 0.3) is 11.7 Å². The summed E-state index contributed by atoms with van der Waals surface area (Å²) in [4.78, 5) is 38.2. The summed E-state index contributed by atoms with van der Waals surface area (Å²) in [5.41, 5.74) is 1.97. The summed E-state index contributed by atoms with van der Waals surface area (Å²) in [6.45, 7) is 2.11. The van der Waals surface area contributed by atoms with Gasteiger partial charge in [0.2, 0.25) is 5.91 Å². The number of benzene rings is 1. The summed E-state index contributed by atoms with van der Waals surface area (Å²) >= 11 is 0. The lowest BCUT2D eigenvalue weighted by Gasteiger charge is -2.17. The maximum atomic E-state index is 11.9. The molecule has 2 amide bonds. The third kappa shape index (κ3) is 2.36. The number of carbonyl (C=O) groups is 3. The summed E-state index contributed by atoms with van der Waals surface area (Å²) in [5.74, 6) is -1.11. The molecule has 1 aromatic rings. The molecular weight excluding hydrogens is 244 g/mol. The molecule has 0 aliphatic carbocycles. The van der Waals surface area contributed by atoms with Gasteiger partial charge in [-0.3, -0.25) is 14.4 Å². The molecule has 0 radical (unpaired) electrons. The Bertz CT molecular complexity index is 564. The molecule has 0 saturated heterocycles. The van der Waals surface area contributed by atoms with Crippen LogP contribution in [0, 0.1) is 6.92 Å². The van der Waals surface area contributed by atoms with Crippen LogP contribution in [0.5, 0.6) is 0 Å². The molecule has 0 saturated carbocycles. The van der Waals surface area contributed by atoms with Gasteiger partial charge in [-0.2, -0.15) is 0 Å². The number of hydrogen-bond donors (Lipinski definition) is 0. The molecule has 0 N–H and O–H groups in total. The van der Waals surface area contributed by atoms with Gasteiger partial charge in [-0.1, -0.05) is 11.6 Å². The maximum Gasteiger partial charge on any atom is 0.299 e. The number of rotatable bonds is 3. The molecule has 0 fully saturated rings. The Morgan fingerprint density at radius 3 is 2.58 bits per heavy atom. The highest BCUT2D eigenvalue weighted by molar-refractivity contribution is 6.52. The average Bonchev–Trinajstić information content (AvgIpc) is 2.60. The van der Waals surface area contributed by atoms with Crippen LogP contribution in [-0.4, -0.2) is 43.1 Å². The first kappa shape index (κ1) is 13.3. The number of amides is 2. The smallest absolute Gasteiger partial charge is 0.299 e. The summed E-state index contributed by atoms with van der Waals surface area (Å²) < 4.78 is 0. The van der Waals surface area contributed by atoms with Crippen molar-refractivity contribution in [2.24, 2.45) is 0 Å². The zero-order valence-corrected chi connectivity index (χ0v) is 11.3. The standard InChI is InChI=1S/C14H16N2O3/c1-9-4-5-11-10(8-9)13(18)14(19)16(11)7-6-12(17)15(2)3/h4-5,8H,6-7H2,1-3H3. The molecule has 1 heterocycles. The lowest BCUT2D eigenvalue weighted by atomic mass is 10.1. The second kappa shape index (κ2) is 4.84. The van der Waals surface area contributed by atoms with Crippen molar-refractivity contribution in [1.82, 2.24) is 4.90 Å². The molecule has 0 spiro atoms. The van der Waals surface area contributed by atoms with Gasteiger partial charge in [-0.15, -0.1) is 0 Å². The Balaban J connectivity index is 2.22. The molecule has 1 aromatic carbocycles. The van der Waals surface area contributed by atoms with Crippen LogP contribution in [0.2, 0.25) is 0 Å². The van der Waals surface area contributed by atoms with Crippen LogP contribution in [-0.2, 0) is 9.59 Å². The van der Waals surface area contributed by atoms with Crippen molar-refractivity contribution in [2.45, 2.75) is 13.3 Å². The topological polar surface area (TPSA) is 57.7 Å². The molecule has 0 unspecified atom stereocenters. The number of carbonyl (C=O) groups excluding carboxylic acids is 3. The van der Waals surface area contributed by atoms with Crippen molar-refractivity contribution < 1.29 is 14.4 Å². The van der Waals surface area contributed by atoms with Crippen LogP contribution in [0.4, 0.5) is 5.69 Å². The van der Waals surface area contributed by atoms with Gasteiger partial charge in [-0.05, 0) is 19.1 Å². The largest absolute Gasteiger partial charge is 0.349 e. The van der Waals surface area contributed by atoms with Crippen LogP contribution in [0.15, 0.2) is 18.2 Å². The first-order valence-electron chi connectivity index (χ1n) is 6.09. The lowest BCUT2D eigenvalue weighted by molar-refractivity contribution is -0.128. The van der Waals surface area contributed by atoms with Crippen molar-refractivity contribution >= 4 is 23.3 Å². The van der Waals surface area contributed by atoms with Gasteiger partial charge in [0, 0.05) is 27.1 Å². The van der Waals surface area contributed by atoms with Gasteiger partial charge in [0.05, 0.1) is 11.3 Å². The Morgan fingerprint density at radius 2 is 1.95 bits per heavy atom. The van der Waals surface area contributed by atoms with Crippen molar-refractivity contribution in [3.8, 4) is 0 Å². The molecule has 5 heteroatoms. The maximum absolute atomic E-state index is 11.9. The van der Waals surface area contributed by atoms with E-state index in [1.807, 2.05) is 13.0 Å². The molecule has 5 nitrogen and oxygen atoms in total. The molecule has 19 heavy (non-hydrogen) atoms. The first-order valence-corrected chi connectivity index (χ1v) is 6.09. The number of anilines is 1. The second-order valence-electron chi connectivity index (χ2n) is 4.84. The average molecular weight is 260 g/mol. The zero-order chi connectivity index (χ0) is 14.2. The van der Waals surface area contributed by atoms with E-state index in [0.29, 0.717) is 11.3 Å². The van der Waals surface area contributed by atoms with Crippen molar-refractivity contribution in [1.29, 1.82) is 0 Å². The van der Waals surface area contributed by atoms with Crippen LogP contribution in [0.3, 0.4) is 0 Å². The summed E-state index contributed by atoms with van der Waals surface area (Å²) in [7, 11) is 3.33. The predicted octanol–water partition coefficient (Wildman–Crippen LogP) is 1.00. The van der Waals surface area contributed by atoms with Gasteiger partial charge in [0.15, 0.2) is 0 Å². The number of nitrogens with zero attached hydrogens (tertiary/aromatic N) is 2. The van der Waals surface area contributed by atoms with E-state index in [2.05, 4.69) is 0 Å². The fraction of sp³-hybridized carbons (Fsp3) is 0.357. The Kier molecular flexibility index (Phi) is 3.38. The first-order chi connectivity index (χ1) is 8.91. The van der Waals surface area contributed by atoms with Crippen LogP contribution in [0.1, 0.15) is 22.3 Å². The molecule has 1 aliphatic rings. The number of fused-ring (bicyclic) bond motifs is 1. The monoisotopic (exact) mass is 260 g/mol. The van der Waals surface area contributed by atoms with E-state index in [0.717, 1.165) is 5.56 Å². The van der Waals surface area contributed by atoms with E-state index >= 15 is 0 Å². The van der Waals surface area contributed by atoms with Gasteiger partial charge >= 0.3 is 0 Å². The molecular formula is C14H16N2O3. The number of hydrogen-bond acceptors (Lipinski definition) is 3. The van der Waals surface area contributed by atoms with Crippen LogP contribution in [0.25, 0.3) is 0 Å². The van der Waals surface area contributed by atoms with Crippen molar-refractivity contribution in [3.63, 3.8) is 0 Å². The van der Waals surface area contributed by atoms with E-state index in [4.69, 9.17) is 0 Å². The molecule has 1 aliphatic heterocycles. The van der Waals surface area contributed by atoms with Crippen LogP contribution < -0.4 is 4.90 Å². The highest BCUT2D eigenvalue weighted by Gasteiger charge is 2.35. The third-order valence-corrected chi connectivity index (χ3v) is 3.17. The second-order valence-corrected chi connectivity index (χ2v) is 4.84. The van der Waals surface area contributed by atoms with Crippen LogP contribution >= 0.6 is 0 Å². The predicted molar refractivity (Wildman–Crippen MR) is 71.2 cm³/mol. The van der Waals surface area contributed by atoms with E-state index < -0.39 is 11.7 Å².